The van der Waals surface area contributed by atoms with E-state index >= 15 is 0 Å². The van der Waals surface area contributed by atoms with E-state index in [1.807, 2.05) is 0 Å². The van der Waals surface area contributed by atoms with Gasteiger partial charge in [-0.05, 0) is 24.8 Å². The van der Waals surface area contributed by atoms with Crippen molar-refractivity contribution in [3.8, 4) is 0 Å². The maximum Gasteiger partial charge on any atom is 0.255 e. The number of nitrogens with zero attached hydrogens (tertiary/aromatic N) is 2. The van der Waals surface area contributed by atoms with Gasteiger partial charge in [0.1, 0.15) is 5.82 Å². The Kier molecular flexibility index (Phi) is 3.91. The van der Waals surface area contributed by atoms with Crippen molar-refractivity contribution in [1.82, 2.24) is 9.88 Å². The van der Waals surface area contributed by atoms with Gasteiger partial charge in [0.25, 0.3) is 5.91 Å². The van der Waals surface area contributed by atoms with Crippen molar-refractivity contribution < 1.29 is 9.18 Å². The molecule has 5 heteroatoms. The predicted molar refractivity (Wildman–Crippen MR) is 66.5 cm³/mol. The van der Waals surface area contributed by atoms with Gasteiger partial charge in [-0.15, -0.1) is 0 Å². The number of amides is 1. The van der Waals surface area contributed by atoms with Crippen molar-refractivity contribution in [2.24, 2.45) is 11.7 Å². The first kappa shape index (κ1) is 13.0. The number of carbonyl (C=O) groups excluding carboxylic acids is 1. The van der Waals surface area contributed by atoms with Crippen molar-refractivity contribution in [1.29, 1.82) is 0 Å². The largest absolute Gasteiger partial charge is 0.334 e. The van der Waals surface area contributed by atoms with Crippen LogP contribution in [-0.2, 0) is 0 Å². The van der Waals surface area contributed by atoms with Crippen LogP contribution >= 0.6 is 0 Å². The lowest BCUT2D eigenvalue weighted by Crippen LogP contribution is -2.51. The number of halogens is 1. The van der Waals surface area contributed by atoms with Gasteiger partial charge in [0.15, 0.2) is 0 Å². The Bertz CT molecular complexity index is 438. The molecular weight excluding hydrogens is 233 g/mol. The SMILES string of the molecule is C[C@@H]1CCCN(C(=O)c2cncc(F)c2)[C@@H]1CN. The van der Waals surface area contributed by atoms with Crippen molar-refractivity contribution in [3.63, 3.8) is 0 Å². The van der Waals surface area contributed by atoms with E-state index in [-0.39, 0.29) is 11.9 Å². The Morgan fingerprint density at radius 2 is 2.39 bits per heavy atom. The summed E-state index contributed by atoms with van der Waals surface area (Å²) >= 11 is 0. The van der Waals surface area contributed by atoms with Gasteiger partial charge in [0, 0.05) is 25.3 Å². The molecular formula is C13H18FN3O. The van der Waals surface area contributed by atoms with Gasteiger partial charge >= 0.3 is 0 Å². The average molecular weight is 251 g/mol. The fourth-order valence-corrected chi connectivity index (χ4v) is 2.56. The first-order valence-electron chi connectivity index (χ1n) is 6.25. The van der Waals surface area contributed by atoms with E-state index in [0.29, 0.717) is 24.6 Å². The van der Waals surface area contributed by atoms with Gasteiger partial charge in [-0.1, -0.05) is 6.92 Å². The van der Waals surface area contributed by atoms with Gasteiger partial charge in [0.05, 0.1) is 11.8 Å². The lowest BCUT2D eigenvalue weighted by molar-refractivity contribution is 0.0531. The number of carbonyl (C=O) groups is 1. The van der Waals surface area contributed by atoms with Crippen LogP contribution in [0.4, 0.5) is 4.39 Å². The number of piperidine rings is 1. The normalized spacial score (nSPS) is 24.1. The van der Waals surface area contributed by atoms with Crippen molar-refractivity contribution in [3.05, 3.63) is 29.8 Å². The van der Waals surface area contributed by atoms with Crippen LogP contribution in [0.25, 0.3) is 0 Å². The lowest BCUT2D eigenvalue weighted by atomic mass is 9.90. The second kappa shape index (κ2) is 5.44. The Balaban J connectivity index is 2.21. The fourth-order valence-electron chi connectivity index (χ4n) is 2.56. The van der Waals surface area contributed by atoms with E-state index in [1.165, 1.54) is 12.3 Å². The highest BCUT2D eigenvalue weighted by Gasteiger charge is 2.31. The van der Waals surface area contributed by atoms with Gasteiger partial charge < -0.3 is 10.6 Å². The third kappa shape index (κ3) is 2.51. The highest BCUT2D eigenvalue weighted by Crippen LogP contribution is 2.24. The molecule has 0 aliphatic carbocycles. The van der Waals surface area contributed by atoms with Crippen LogP contribution < -0.4 is 5.73 Å². The molecule has 2 atom stereocenters. The number of hydrogen-bond acceptors (Lipinski definition) is 3. The highest BCUT2D eigenvalue weighted by molar-refractivity contribution is 5.94. The molecule has 1 aromatic heterocycles. The Morgan fingerprint density at radius 1 is 1.61 bits per heavy atom. The minimum absolute atomic E-state index is 0.0366. The number of likely N-dealkylation sites (tertiary alicyclic amines) is 1. The topological polar surface area (TPSA) is 59.2 Å². The summed E-state index contributed by atoms with van der Waals surface area (Å²) in [5.41, 5.74) is 6.04. The van der Waals surface area contributed by atoms with Crippen LogP contribution in [-0.4, -0.2) is 34.9 Å². The summed E-state index contributed by atoms with van der Waals surface area (Å²) in [6.45, 7) is 3.22. The van der Waals surface area contributed by atoms with Crippen LogP contribution in [0.3, 0.4) is 0 Å². The van der Waals surface area contributed by atoms with Crippen LogP contribution in [0.5, 0.6) is 0 Å². The molecule has 0 radical (unpaired) electrons. The molecule has 0 unspecified atom stereocenters. The number of nitrogens with two attached hydrogens (primary N) is 1. The Hall–Kier alpha value is -1.49. The number of pyridine rings is 1. The van der Waals surface area contributed by atoms with Gasteiger partial charge in [-0.2, -0.15) is 0 Å². The summed E-state index contributed by atoms with van der Waals surface area (Å²) in [7, 11) is 0. The molecule has 4 nitrogen and oxygen atoms in total. The summed E-state index contributed by atoms with van der Waals surface area (Å²) in [6, 6.07) is 1.26. The van der Waals surface area contributed by atoms with E-state index < -0.39 is 5.82 Å². The zero-order chi connectivity index (χ0) is 13.1. The van der Waals surface area contributed by atoms with Crippen molar-refractivity contribution in [2.75, 3.05) is 13.1 Å². The van der Waals surface area contributed by atoms with E-state index in [4.69, 9.17) is 5.73 Å². The van der Waals surface area contributed by atoms with Crippen LogP contribution in [0, 0.1) is 11.7 Å². The summed E-state index contributed by atoms with van der Waals surface area (Å²) in [6.07, 6.45) is 4.54. The molecule has 1 aromatic rings. The summed E-state index contributed by atoms with van der Waals surface area (Å²) in [5.74, 6) is -0.284. The van der Waals surface area contributed by atoms with Crippen LogP contribution in [0.1, 0.15) is 30.1 Å². The van der Waals surface area contributed by atoms with Gasteiger partial charge in [0.2, 0.25) is 0 Å². The minimum atomic E-state index is -0.491. The zero-order valence-electron chi connectivity index (χ0n) is 10.5. The molecule has 2 rings (SSSR count). The number of rotatable bonds is 2. The first-order chi connectivity index (χ1) is 8.63. The molecule has 0 spiro atoms. The molecule has 18 heavy (non-hydrogen) atoms. The van der Waals surface area contributed by atoms with E-state index in [2.05, 4.69) is 11.9 Å². The Morgan fingerprint density at radius 3 is 3.06 bits per heavy atom. The standard InChI is InChI=1S/C13H18FN3O/c1-9-3-2-4-17(12(9)6-15)13(18)10-5-11(14)8-16-7-10/h5,7-9,12H,2-4,6,15H2,1H3/t9-,12-/m1/s1. The third-order valence-electron chi connectivity index (χ3n) is 3.57. The quantitative estimate of drug-likeness (QED) is 0.864. The Labute approximate surface area is 106 Å². The molecule has 2 N–H and O–H groups in total. The second-order valence-electron chi connectivity index (χ2n) is 4.81. The molecule has 1 amide bonds. The molecule has 1 aliphatic heterocycles. The first-order valence-corrected chi connectivity index (χ1v) is 6.25. The van der Waals surface area contributed by atoms with E-state index in [0.717, 1.165) is 19.0 Å². The smallest absolute Gasteiger partial charge is 0.255 e. The minimum Gasteiger partial charge on any atom is -0.334 e. The molecule has 1 aliphatic rings. The highest BCUT2D eigenvalue weighted by atomic mass is 19.1. The molecule has 98 valence electrons. The van der Waals surface area contributed by atoms with E-state index in [1.54, 1.807) is 4.90 Å². The summed E-state index contributed by atoms with van der Waals surface area (Å²) < 4.78 is 13.1. The molecule has 2 heterocycles. The zero-order valence-corrected chi connectivity index (χ0v) is 10.5. The fraction of sp³-hybridized carbons (Fsp3) is 0.538. The molecule has 1 fully saturated rings. The third-order valence-corrected chi connectivity index (χ3v) is 3.57. The molecule has 0 saturated carbocycles. The maximum absolute atomic E-state index is 13.1. The predicted octanol–water partition coefficient (Wildman–Crippen LogP) is 1.42. The van der Waals surface area contributed by atoms with Crippen LogP contribution in [0.2, 0.25) is 0 Å². The van der Waals surface area contributed by atoms with Crippen LogP contribution in [0.15, 0.2) is 18.5 Å². The van der Waals surface area contributed by atoms with Gasteiger partial charge in [-0.25, -0.2) is 4.39 Å². The number of hydrogen-bond donors (Lipinski definition) is 1. The molecule has 1 saturated heterocycles. The molecule has 0 aromatic carbocycles. The second-order valence-corrected chi connectivity index (χ2v) is 4.81. The number of aromatic nitrogens is 1. The average Bonchev–Trinajstić information content (AvgIpc) is 2.37. The molecule has 0 bridgehead atoms. The van der Waals surface area contributed by atoms with E-state index in [9.17, 15) is 9.18 Å². The lowest BCUT2D eigenvalue weighted by Gasteiger charge is -2.39. The summed E-state index contributed by atoms with van der Waals surface area (Å²) in [4.78, 5) is 17.8. The summed E-state index contributed by atoms with van der Waals surface area (Å²) in [5, 5.41) is 0. The maximum atomic E-state index is 13.1. The monoisotopic (exact) mass is 251 g/mol. The van der Waals surface area contributed by atoms with Gasteiger partial charge in [-0.3, -0.25) is 9.78 Å². The van der Waals surface area contributed by atoms with Crippen molar-refractivity contribution in [2.45, 2.75) is 25.8 Å². The van der Waals surface area contributed by atoms with Crippen molar-refractivity contribution >= 4 is 5.91 Å².